The third kappa shape index (κ3) is 5.26. The van der Waals surface area contributed by atoms with Crippen molar-refractivity contribution in [2.75, 3.05) is 6.61 Å². The summed E-state index contributed by atoms with van der Waals surface area (Å²) in [6, 6.07) is 0. The predicted octanol–water partition coefficient (Wildman–Crippen LogP) is 0.383. The Morgan fingerprint density at radius 1 is 1.22 bits per heavy atom. The number of ether oxygens (including phenoxy) is 1. The van der Waals surface area contributed by atoms with Crippen molar-refractivity contribution in [1.82, 2.24) is 9.55 Å². The zero-order chi connectivity index (χ0) is 20.1. The van der Waals surface area contributed by atoms with Gasteiger partial charge in [-0.25, -0.2) is 4.79 Å². The highest BCUT2D eigenvalue weighted by molar-refractivity contribution is 5.13. The largest absolute Gasteiger partial charge is 0.394 e. The molecule has 0 unspecified atom stereocenters. The van der Waals surface area contributed by atoms with Gasteiger partial charge in [0.1, 0.15) is 18.3 Å². The Labute approximate surface area is 157 Å². The summed E-state index contributed by atoms with van der Waals surface area (Å²) in [5.41, 5.74) is 1.47. The Balaban J connectivity index is 2.20. The second-order valence-corrected chi connectivity index (χ2v) is 7.12. The molecule has 2 heterocycles. The Bertz CT molecular complexity index is 818. The Kier molecular flexibility index (Phi) is 7.32. The third-order valence-corrected chi connectivity index (χ3v) is 4.59. The fraction of sp³-hybridized carbons (Fsp3) is 0.579. The molecular formula is C19H28N2O6. The number of aromatic nitrogens is 2. The highest BCUT2D eigenvalue weighted by Crippen LogP contribution is 2.28. The molecule has 1 saturated heterocycles. The van der Waals surface area contributed by atoms with Crippen LogP contribution in [0.15, 0.2) is 39.1 Å². The molecule has 0 radical (unpaired) electrons. The van der Waals surface area contributed by atoms with Crippen molar-refractivity contribution in [3.63, 3.8) is 0 Å². The van der Waals surface area contributed by atoms with Gasteiger partial charge in [0, 0.05) is 11.8 Å². The Morgan fingerprint density at radius 2 is 1.93 bits per heavy atom. The molecule has 8 nitrogen and oxygen atoms in total. The van der Waals surface area contributed by atoms with E-state index in [2.05, 4.69) is 11.1 Å². The van der Waals surface area contributed by atoms with Crippen molar-refractivity contribution >= 4 is 0 Å². The van der Waals surface area contributed by atoms with Crippen LogP contribution < -0.4 is 11.2 Å². The molecule has 4 N–H and O–H groups in total. The van der Waals surface area contributed by atoms with Gasteiger partial charge in [0.2, 0.25) is 0 Å². The number of rotatable bonds is 7. The fourth-order valence-corrected chi connectivity index (χ4v) is 2.95. The fourth-order valence-electron chi connectivity index (χ4n) is 2.95. The van der Waals surface area contributed by atoms with Crippen molar-refractivity contribution in [2.45, 2.75) is 64.6 Å². The molecule has 27 heavy (non-hydrogen) atoms. The van der Waals surface area contributed by atoms with Crippen LogP contribution >= 0.6 is 0 Å². The van der Waals surface area contributed by atoms with Crippen molar-refractivity contribution in [2.24, 2.45) is 0 Å². The summed E-state index contributed by atoms with van der Waals surface area (Å²) in [5.74, 6) is 0. The first kappa shape index (κ1) is 21.3. The zero-order valence-corrected chi connectivity index (χ0v) is 15.9. The van der Waals surface area contributed by atoms with Gasteiger partial charge < -0.3 is 20.1 Å². The van der Waals surface area contributed by atoms with Gasteiger partial charge in [0.15, 0.2) is 6.23 Å². The van der Waals surface area contributed by atoms with Gasteiger partial charge in [-0.2, -0.15) is 0 Å². The van der Waals surface area contributed by atoms with Crippen molar-refractivity contribution in [3.05, 3.63) is 55.9 Å². The number of H-pyrrole nitrogens is 1. The number of aromatic amines is 1. The molecule has 1 aromatic heterocycles. The minimum Gasteiger partial charge on any atom is -0.394 e. The van der Waals surface area contributed by atoms with Crippen LogP contribution in [0.3, 0.4) is 0 Å². The molecule has 1 aliphatic heterocycles. The maximum Gasteiger partial charge on any atom is 0.330 e. The molecule has 0 spiro atoms. The lowest BCUT2D eigenvalue weighted by atomic mass is 10.1. The summed E-state index contributed by atoms with van der Waals surface area (Å²) in [7, 11) is 0. The third-order valence-electron chi connectivity index (χ3n) is 4.59. The van der Waals surface area contributed by atoms with E-state index in [1.54, 1.807) is 0 Å². The van der Waals surface area contributed by atoms with E-state index in [0.29, 0.717) is 12.0 Å². The van der Waals surface area contributed by atoms with Crippen LogP contribution in [0.5, 0.6) is 0 Å². The van der Waals surface area contributed by atoms with Gasteiger partial charge in [-0.05, 0) is 40.0 Å². The van der Waals surface area contributed by atoms with Crippen LogP contribution in [0.4, 0.5) is 0 Å². The van der Waals surface area contributed by atoms with E-state index >= 15 is 0 Å². The lowest BCUT2D eigenvalue weighted by Crippen LogP contribution is -2.38. The maximum atomic E-state index is 12.1. The summed E-state index contributed by atoms with van der Waals surface area (Å²) >= 11 is 0. The quantitative estimate of drug-likeness (QED) is 0.507. The molecule has 2 rings (SSSR count). The summed E-state index contributed by atoms with van der Waals surface area (Å²) in [4.78, 5) is 26.4. The van der Waals surface area contributed by atoms with E-state index in [0.717, 1.165) is 23.0 Å². The molecule has 4 atom stereocenters. The first-order valence-electron chi connectivity index (χ1n) is 9.00. The summed E-state index contributed by atoms with van der Waals surface area (Å²) in [6.07, 6.45) is 2.64. The average Bonchev–Trinajstić information content (AvgIpc) is 2.89. The second-order valence-electron chi connectivity index (χ2n) is 7.12. The molecule has 0 bridgehead atoms. The SMILES string of the molecule is CC(C)=CCC/C(C)=C/Cc1cn([C@@H]2O[C@H](CO)[C@@H](O)[C@H]2O)c(=O)[nH]c1=O. The number of hydrogen-bond donors (Lipinski definition) is 4. The van der Waals surface area contributed by atoms with Gasteiger partial charge in [-0.3, -0.25) is 14.3 Å². The number of allylic oxidation sites excluding steroid dienone is 4. The van der Waals surface area contributed by atoms with Gasteiger partial charge in [0.25, 0.3) is 5.56 Å². The molecule has 0 saturated carbocycles. The number of aliphatic hydroxyl groups is 3. The molecule has 1 aromatic rings. The molecule has 1 aliphatic rings. The monoisotopic (exact) mass is 380 g/mol. The van der Waals surface area contributed by atoms with E-state index in [1.165, 1.54) is 11.8 Å². The summed E-state index contributed by atoms with van der Waals surface area (Å²) in [6.45, 7) is 5.57. The normalized spacial score (nSPS) is 25.6. The van der Waals surface area contributed by atoms with Crippen LogP contribution in [0.1, 0.15) is 45.4 Å². The van der Waals surface area contributed by atoms with Crippen LogP contribution in [-0.2, 0) is 11.2 Å². The molecule has 1 fully saturated rings. The second kappa shape index (κ2) is 9.27. The summed E-state index contributed by atoms with van der Waals surface area (Å²) < 4.78 is 6.42. The molecule has 0 amide bonds. The highest BCUT2D eigenvalue weighted by atomic mass is 16.6. The summed E-state index contributed by atoms with van der Waals surface area (Å²) in [5, 5.41) is 29.2. The zero-order valence-electron chi connectivity index (χ0n) is 15.9. The molecule has 8 heteroatoms. The smallest absolute Gasteiger partial charge is 0.330 e. The highest BCUT2D eigenvalue weighted by Gasteiger charge is 2.43. The molecular weight excluding hydrogens is 352 g/mol. The lowest BCUT2D eigenvalue weighted by molar-refractivity contribution is -0.0551. The van der Waals surface area contributed by atoms with Crippen molar-refractivity contribution < 1.29 is 20.1 Å². The van der Waals surface area contributed by atoms with Crippen molar-refractivity contribution in [3.8, 4) is 0 Å². The van der Waals surface area contributed by atoms with Crippen LogP contribution in [0.2, 0.25) is 0 Å². The first-order valence-corrected chi connectivity index (χ1v) is 9.00. The van der Waals surface area contributed by atoms with Crippen LogP contribution in [0, 0.1) is 0 Å². The number of nitrogens with zero attached hydrogens (tertiary/aromatic N) is 1. The molecule has 0 aromatic carbocycles. The first-order chi connectivity index (χ1) is 12.7. The van der Waals surface area contributed by atoms with E-state index in [9.17, 15) is 24.9 Å². The Morgan fingerprint density at radius 3 is 2.52 bits per heavy atom. The Hall–Kier alpha value is -2.00. The van der Waals surface area contributed by atoms with Gasteiger partial charge in [-0.1, -0.05) is 23.3 Å². The number of aliphatic hydroxyl groups excluding tert-OH is 3. The average molecular weight is 380 g/mol. The molecule has 150 valence electrons. The number of nitrogens with one attached hydrogen (secondary N) is 1. The topological polar surface area (TPSA) is 125 Å². The number of hydrogen-bond acceptors (Lipinski definition) is 6. The predicted molar refractivity (Wildman–Crippen MR) is 100 cm³/mol. The van der Waals surface area contributed by atoms with E-state index < -0.39 is 42.4 Å². The minimum absolute atomic E-state index is 0.324. The van der Waals surface area contributed by atoms with Crippen LogP contribution in [0.25, 0.3) is 0 Å². The minimum atomic E-state index is -1.39. The molecule has 0 aliphatic carbocycles. The standard InChI is InChI=1S/C19H28N2O6/c1-11(2)5-4-6-12(3)7-8-13-9-21(19(26)20-17(13)25)18-16(24)15(23)14(10-22)27-18/h5,7,9,14-16,18,22-24H,4,6,8,10H2,1-3H3,(H,20,25,26)/b12-7+/t14-,15-,16-,18-/m1/s1. The van der Waals surface area contributed by atoms with Gasteiger partial charge >= 0.3 is 5.69 Å². The van der Waals surface area contributed by atoms with E-state index in [4.69, 9.17) is 4.74 Å². The van der Waals surface area contributed by atoms with Gasteiger partial charge in [0.05, 0.1) is 6.61 Å². The lowest BCUT2D eigenvalue weighted by Gasteiger charge is -2.17. The van der Waals surface area contributed by atoms with E-state index in [1.807, 2.05) is 26.8 Å². The van der Waals surface area contributed by atoms with Crippen LogP contribution in [-0.4, -0.2) is 49.8 Å². The van der Waals surface area contributed by atoms with Gasteiger partial charge in [-0.15, -0.1) is 0 Å². The maximum absolute atomic E-state index is 12.1. The van der Waals surface area contributed by atoms with Crippen molar-refractivity contribution in [1.29, 1.82) is 0 Å². The van der Waals surface area contributed by atoms with E-state index in [-0.39, 0.29) is 0 Å².